The van der Waals surface area contributed by atoms with Crippen molar-refractivity contribution in [3.05, 3.63) is 0 Å². The van der Waals surface area contributed by atoms with Crippen LogP contribution in [0.4, 0.5) is 0 Å². The number of carbonyl (C=O) groups is 1. The van der Waals surface area contributed by atoms with Gasteiger partial charge in [-0.1, -0.05) is 6.42 Å². The molecule has 3 heterocycles. The number of carbonyl (C=O) groups excluding carboxylic acids is 1. The first-order valence-electron chi connectivity index (χ1n) is 9.59. The van der Waals surface area contributed by atoms with Crippen LogP contribution in [0.5, 0.6) is 0 Å². The number of piperidine rings is 1. The summed E-state index contributed by atoms with van der Waals surface area (Å²) in [7, 11) is 0. The maximum absolute atomic E-state index is 12.3. The van der Waals surface area contributed by atoms with E-state index in [1.54, 1.807) is 0 Å². The fraction of sp³-hybridized carbons (Fsp3) is 0.944. The van der Waals surface area contributed by atoms with Crippen molar-refractivity contribution in [2.75, 3.05) is 45.9 Å². The van der Waals surface area contributed by atoms with Crippen LogP contribution in [0.2, 0.25) is 0 Å². The number of nitrogens with zero attached hydrogens (tertiary/aromatic N) is 1. The molecule has 0 spiro atoms. The zero-order chi connectivity index (χ0) is 16.0. The third-order valence-electron chi connectivity index (χ3n) is 6.01. The van der Waals surface area contributed by atoms with Crippen LogP contribution < -0.4 is 10.6 Å². The Kier molecular flexibility index (Phi) is 6.31. The zero-order valence-corrected chi connectivity index (χ0v) is 14.4. The summed E-state index contributed by atoms with van der Waals surface area (Å²) in [5, 5.41) is 6.63. The van der Waals surface area contributed by atoms with Gasteiger partial charge < -0.3 is 15.4 Å². The molecular formula is C18H33N3O2. The molecule has 0 bridgehead atoms. The van der Waals surface area contributed by atoms with E-state index < -0.39 is 0 Å². The molecule has 0 aromatic heterocycles. The van der Waals surface area contributed by atoms with E-state index in [-0.39, 0.29) is 11.4 Å². The lowest BCUT2D eigenvalue weighted by Crippen LogP contribution is -2.59. The standard InChI is InChI=1S/C18H33N3O2/c22-17(5-4-16-6-9-19-14-16)20-15-18(7-12-23-13-8-18)21-10-2-1-3-11-21/h16,19H,1-15H2,(H,20,22). The number of hydrogen-bond donors (Lipinski definition) is 2. The molecule has 1 amide bonds. The average molecular weight is 323 g/mol. The van der Waals surface area contributed by atoms with Gasteiger partial charge >= 0.3 is 0 Å². The molecule has 0 aromatic carbocycles. The molecule has 2 N–H and O–H groups in total. The van der Waals surface area contributed by atoms with Crippen LogP contribution in [0.1, 0.15) is 51.4 Å². The second-order valence-corrected chi connectivity index (χ2v) is 7.56. The second kappa shape index (κ2) is 8.45. The molecule has 132 valence electrons. The van der Waals surface area contributed by atoms with E-state index in [1.165, 1.54) is 38.8 Å². The lowest BCUT2D eigenvalue weighted by molar-refractivity contribution is -0.123. The van der Waals surface area contributed by atoms with Crippen molar-refractivity contribution in [3.63, 3.8) is 0 Å². The molecule has 23 heavy (non-hydrogen) atoms. The molecule has 3 rings (SSSR count). The van der Waals surface area contributed by atoms with Crippen LogP contribution in [0, 0.1) is 5.92 Å². The maximum Gasteiger partial charge on any atom is 0.220 e. The highest BCUT2D eigenvalue weighted by atomic mass is 16.5. The Labute approximate surface area is 140 Å². The van der Waals surface area contributed by atoms with Crippen LogP contribution >= 0.6 is 0 Å². The number of nitrogens with one attached hydrogen (secondary N) is 2. The molecule has 0 aliphatic carbocycles. The summed E-state index contributed by atoms with van der Waals surface area (Å²) in [5.41, 5.74) is 0.142. The molecule has 5 heteroatoms. The number of hydrogen-bond acceptors (Lipinski definition) is 4. The lowest BCUT2D eigenvalue weighted by atomic mass is 9.86. The summed E-state index contributed by atoms with van der Waals surface area (Å²) in [6.45, 7) is 7.04. The van der Waals surface area contributed by atoms with Gasteiger partial charge in [0.05, 0.1) is 0 Å². The van der Waals surface area contributed by atoms with E-state index >= 15 is 0 Å². The van der Waals surface area contributed by atoms with Gasteiger partial charge in [0.25, 0.3) is 0 Å². The van der Waals surface area contributed by atoms with Crippen molar-refractivity contribution in [1.29, 1.82) is 0 Å². The first-order valence-corrected chi connectivity index (χ1v) is 9.59. The van der Waals surface area contributed by atoms with Crippen molar-refractivity contribution in [1.82, 2.24) is 15.5 Å². The van der Waals surface area contributed by atoms with Gasteiger partial charge in [-0.15, -0.1) is 0 Å². The van der Waals surface area contributed by atoms with Crippen molar-refractivity contribution >= 4 is 5.91 Å². The van der Waals surface area contributed by atoms with E-state index in [4.69, 9.17) is 4.74 Å². The maximum atomic E-state index is 12.3. The number of likely N-dealkylation sites (tertiary alicyclic amines) is 1. The highest BCUT2D eigenvalue weighted by molar-refractivity contribution is 5.75. The third kappa shape index (κ3) is 4.68. The van der Waals surface area contributed by atoms with E-state index in [9.17, 15) is 4.79 Å². The SMILES string of the molecule is O=C(CCC1CCNC1)NCC1(N2CCCCC2)CCOCC1. The third-order valence-corrected chi connectivity index (χ3v) is 6.01. The molecular weight excluding hydrogens is 290 g/mol. The second-order valence-electron chi connectivity index (χ2n) is 7.56. The molecule has 3 aliphatic heterocycles. The smallest absolute Gasteiger partial charge is 0.220 e. The Balaban J connectivity index is 1.48. The van der Waals surface area contributed by atoms with Crippen LogP contribution in [-0.4, -0.2) is 62.3 Å². The van der Waals surface area contributed by atoms with Crippen LogP contribution in [0.3, 0.4) is 0 Å². The number of rotatable bonds is 6. The van der Waals surface area contributed by atoms with Gasteiger partial charge in [0.15, 0.2) is 0 Å². The first-order chi connectivity index (χ1) is 11.3. The summed E-state index contributed by atoms with van der Waals surface area (Å²) < 4.78 is 5.59. The molecule has 3 fully saturated rings. The molecule has 3 saturated heterocycles. The van der Waals surface area contributed by atoms with E-state index in [2.05, 4.69) is 15.5 Å². The minimum atomic E-state index is 0.142. The normalized spacial score (nSPS) is 28.6. The predicted octanol–water partition coefficient (Wildman–Crippen LogP) is 1.53. The van der Waals surface area contributed by atoms with Crippen LogP contribution in [-0.2, 0) is 9.53 Å². The fourth-order valence-corrected chi connectivity index (χ4v) is 4.37. The van der Waals surface area contributed by atoms with Crippen LogP contribution in [0.25, 0.3) is 0 Å². The van der Waals surface area contributed by atoms with Crippen molar-refractivity contribution in [2.24, 2.45) is 5.92 Å². The average Bonchev–Trinajstić information content (AvgIpc) is 3.13. The Morgan fingerprint density at radius 3 is 2.70 bits per heavy atom. The van der Waals surface area contributed by atoms with Crippen molar-refractivity contribution < 1.29 is 9.53 Å². The fourth-order valence-electron chi connectivity index (χ4n) is 4.37. The molecule has 0 radical (unpaired) electrons. The van der Waals surface area contributed by atoms with Crippen LogP contribution in [0.15, 0.2) is 0 Å². The van der Waals surface area contributed by atoms with Gasteiger partial charge in [0, 0.05) is 31.7 Å². The van der Waals surface area contributed by atoms with Gasteiger partial charge in [0.1, 0.15) is 0 Å². The molecule has 0 aromatic rings. The monoisotopic (exact) mass is 323 g/mol. The Bertz CT molecular complexity index is 370. The summed E-state index contributed by atoms with van der Waals surface area (Å²) in [5.74, 6) is 0.930. The molecule has 3 aliphatic rings. The lowest BCUT2D eigenvalue weighted by Gasteiger charge is -2.48. The van der Waals surface area contributed by atoms with E-state index in [1.807, 2.05) is 0 Å². The van der Waals surface area contributed by atoms with Gasteiger partial charge in [-0.25, -0.2) is 0 Å². The van der Waals surface area contributed by atoms with E-state index in [0.29, 0.717) is 12.3 Å². The Hall–Kier alpha value is -0.650. The predicted molar refractivity (Wildman–Crippen MR) is 91.4 cm³/mol. The quantitative estimate of drug-likeness (QED) is 0.778. The van der Waals surface area contributed by atoms with Gasteiger partial charge in [-0.3, -0.25) is 9.69 Å². The summed E-state index contributed by atoms with van der Waals surface area (Å²) in [4.78, 5) is 14.9. The van der Waals surface area contributed by atoms with E-state index in [0.717, 1.165) is 52.1 Å². The van der Waals surface area contributed by atoms with Crippen molar-refractivity contribution in [2.45, 2.75) is 56.9 Å². The summed E-state index contributed by atoms with van der Waals surface area (Å²) in [6.07, 6.45) is 8.99. The zero-order valence-electron chi connectivity index (χ0n) is 14.4. The van der Waals surface area contributed by atoms with Gasteiger partial charge in [-0.05, 0) is 70.6 Å². The molecule has 5 nitrogen and oxygen atoms in total. The molecule has 0 saturated carbocycles. The summed E-state index contributed by atoms with van der Waals surface area (Å²) >= 11 is 0. The number of amides is 1. The minimum absolute atomic E-state index is 0.142. The number of ether oxygens (including phenoxy) is 1. The molecule has 1 atom stereocenters. The first kappa shape index (κ1) is 17.2. The van der Waals surface area contributed by atoms with Gasteiger partial charge in [-0.2, -0.15) is 0 Å². The van der Waals surface area contributed by atoms with Crippen molar-refractivity contribution in [3.8, 4) is 0 Å². The highest BCUT2D eigenvalue weighted by Crippen LogP contribution is 2.30. The topological polar surface area (TPSA) is 53.6 Å². The minimum Gasteiger partial charge on any atom is -0.381 e. The Morgan fingerprint density at radius 2 is 2.00 bits per heavy atom. The molecule has 1 unspecified atom stereocenters. The highest BCUT2D eigenvalue weighted by Gasteiger charge is 2.39. The summed E-state index contributed by atoms with van der Waals surface area (Å²) in [6, 6.07) is 0. The largest absolute Gasteiger partial charge is 0.381 e. The van der Waals surface area contributed by atoms with Gasteiger partial charge in [0.2, 0.25) is 5.91 Å². The Morgan fingerprint density at radius 1 is 1.22 bits per heavy atom.